The van der Waals surface area contributed by atoms with Crippen molar-refractivity contribution in [2.45, 2.75) is 0 Å². The van der Waals surface area contributed by atoms with Crippen molar-refractivity contribution in [3.05, 3.63) is 75.6 Å². The average Bonchev–Trinajstić information content (AvgIpc) is 2.76. The van der Waals surface area contributed by atoms with Crippen LogP contribution in [0.25, 0.3) is 11.1 Å². The van der Waals surface area contributed by atoms with Gasteiger partial charge in [-0.25, -0.2) is 9.59 Å². The topological polar surface area (TPSA) is 169 Å². The molecule has 0 radical (unpaired) electrons. The van der Waals surface area contributed by atoms with Crippen LogP contribution in [0.3, 0.4) is 0 Å². The van der Waals surface area contributed by atoms with Gasteiger partial charge in [0.25, 0.3) is 5.56 Å². The summed E-state index contributed by atoms with van der Waals surface area (Å²) in [5.41, 5.74) is 3.36. The molecule has 32 heavy (non-hydrogen) atoms. The van der Waals surface area contributed by atoms with Gasteiger partial charge in [0.2, 0.25) is 0 Å². The number of carbonyl (C=O) groups is 3. The third-order valence-corrected chi connectivity index (χ3v) is 4.58. The number of ketones is 1. The maximum absolute atomic E-state index is 12.3. The first kappa shape index (κ1) is 22.1. The average molecular weight is 438 g/mol. The van der Waals surface area contributed by atoms with E-state index in [1.165, 1.54) is 25.3 Å². The van der Waals surface area contributed by atoms with E-state index in [0.29, 0.717) is 5.56 Å². The molecule has 0 bridgehead atoms. The Morgan fingerprint density at radius 1 is 0.969 bits per heavy atom. The van der Waals surface area contributed by atoms with Crippen LogP contribution in [0.4, 0.5) is 5.82 Å². The third-order valence-electron chi connectivity index (χ3n) is 4.58. The molecule has 0 aliphatic rings. The number of nitrogens with one attached hydrogen (secondary N) is 1. The van der Waals surface area contributed by atoms with Gasteiger partial charge in [0.1, 0.15) is 16.9 Å². The van der Waals surface area contributed by atoms with Crippen LogP contribution in [-0.4, -0.2) is 46.6 Å². The fourth-order valence-corrected chi connectivity index (χ4v) is 3.13. The van der Waals surface area contributed by atoms with Crippen LogP contribution in [0.5, 0.6) is 11.5 Å². The Labute approximate surface area is 180 Å². The minimum absolute atomic E-state index is 0.0520. The van der Waals surface area contributed by atoms with E-state index >= 15 is 0 Å². The SMILES string of the molecule is COc1cc(-c2c(C(=O)O)c(N)[nH]c(=O)c2C(=O)O)ccc1OCC(=O)c1ccccc1. The molecular formula is C22H18N2O8. The van der Waals surface area contributed by atoms with Crippen molar-refractivity contribution in [3.63, 3.8) is 0 Å². The van der Waals surface area contributed by atoms with Crippen molar-refractivity contribution in [1.29, 1.82) is 0 Å². The van der Waals surface area contributed by atoms with Gasteiger partial charge >= 0.3 is 11.9 Å². The standard InChI is InChI=1S/C22H18N2O8/c1-31-15-9-12(7-8-14(15)32-10-13(25)11-5-3-2-4-6-11)16-17(21(27)28)19(23)24-20(26)18(16)22(29)30/h2-9H,10H2,1H3,(H,27,28)(H,29,30)(H3,23,24,26). The molecule has 0 saturated heterocycles. The number of methoxy groups -OCH3 is 1. The second kappa shape index (κ2) is 9.04. The minimum atomic E-state index is -1.63. The fraction of sp³-hybridized carbons (Fsp3) is 0.0909. The molecule has 0 saturated carbocycles. The molecule has 0 amide bonds. The summed E-state index contributed by atoms with van der Waals surface area (Å²) < 4.78 is 10.8. The number of Topliss-reactive ketones (excluding diaryl/α,β-unsaturated/α-hetero) is 1. The van der Waals surface area contributed by atoms with Crippen LogP contribution in [0.2, 0.25) is 0 Å². The maximum atomic E-state index is 12.3. The first-order valence-corrected chi connectivity index (χ1v) is 9.16. The number of H-pyrrole nitrogens is 1. The van der Waals surface area contributed by atoms with Crippen molar-refractivity contribution in [3.8, 4) is 22.6 Å². The zero-order valence-electron chi connectivity index (χ0n) is 16.7. The second-order valence-corrected chi connectivity index (χ2v) is 6.55. The summed E-state index contributed by atoms with van der Waals surface area (Å²) in [5, 5.41) is 19.0. The van der Waals surface area contributed by atoms with Crippen LogP contribution in [-0.2, 0) is 0 Å². The Morgan fingerprint density at radius 3 is 2.22 bits per heavy atom. The lowest BCUT2D eigenvalue weighted by Crippen LogP contribution is -2.24. The van der Waals surface area contributed by atoms with Gasteiger partial charge in [0, 0.05) is 11.1 Å². The molecule has 3 aromatic rings. The number of ether oxygens (including phenoxy) is 2. The second-order valence-electron chi connectivity index (χ2n) is 6.55. The van der Waals surface area contributed by atoms with Gasteiger partial charge in [-0.3, -0.25) is 9.59 Å². The number of rotatable bonds is 8. The summed E-state index contributed by atoms with van der Waals surface area (Å²) in [6, 6.07) is 12.5. The Hall–Kier alpha value is -4.60. The molecule has 3 rings (SSSR count). The van der Waals surface area contributed by atoms with Gasteiger partial charge in [-0.15, -0.1) is 0 Å². The molecule has 1 heterocycles. The van der Waals surface area contributed by atoms with Gasteiger partial charge in [-0.2, -0.15) is 0 Å². The molecule has 0 unspecified atom stereocenters. The number of carboxylic acid groups (broad SMARTS) is 2. The molecular weight excluding hydrogens is 420 g/mol. The van der Waals surface area contributed by atoms with Crippen LogP contribution in [0, 0.1) is 0 Å². The Morgan fingerprint density at radius 2 is 1.62 bits per heavy atom. The molecule has 0 aliphatic heterocycles. The molecule has 10 nitrogen and oxygen atoms in total. The normalized spacial score (nSPS) is 10.4. The lowest BCUT2D eigenvalue weighted by molar-refractivity contribution is 0.0695. The fourth-order valence-electron chi connectivity index (χ4n) is 3.13. The Bertz CT molecular complexity index is 1260. The highest BCUT2D eigenvalue weighted by Crippen LogP contribution is 2.36. The molecule has 0 fully saturated rings. The van der Waals surface area contributed by atoms with Crippen molar-refractivity contribution in [2.75, 3.05) is 19.5 Å². The predicted octanol–water partition coefficient (Wildman–Crippen LogP) is 2.29. The Balaban J connectivity index is 2.04. The molecule has 1 aromatic heterocycles. The number of carboxylic acids is 2. The number of anilines is 1. The number of hydrogen-bond donors (Lipinski definition) is 4. The van der Waals surface area contributed by atoms with E-state index in [1.54, 1.807) is 30.3 Å². The van der Waals surface area contributed by atoms with E-state index in [4.69, 9.17) is 15.2 Å². The first-order chi connectivity index (χ1) is 15.2. The number of aromatic carboxylic acids is 2. The monoisotopic (exact) mass is 438 g/mol. The molecule has 10 heteroatoms. The Kier molecular flexibility index (Phi) is 6.24. The number of nitrogens with two attached hydrogens (primary N) is 1. The van der Waals surface area contributed by atoms with E-state index in [1.807, 2.05) is 4.98 Å². The zero-order chi connectivity index (χ0) is 23.4. The highest BCUT2D eigenvalue weighted by molar-refractivity contribution is 6.07. The smallest absolute Gasteiger partial charge is 0.342 e. The van der Waals surface area contributed by atoms with Crippen molar-refractivity contribution in [2.24, 2.45) is 0 Å². The summed E-state index contributed by atoms with van der Waals surface area (Å²) in [6.07, 6.45) is 0. The number of aromatic nitrogens is 1. The minimum Gasteiger partial charge on any atom is -0.493 e. The van der Waals surface area contributed by atoms with Crippen molar-refractivity contribution in [1.82, 2.24) is 4.98 Å². The highest BCUT2D eigenvalue weighted by atomic mass is 16.5. The number of hydrogen-bond acceptors (Lipinski definition) is 7. The quantitative estimate of drug-likeness (QED) is 0.385. The highest BCUT2D eigenvalue weighted by Gasteiger charge is 2.27. The molecule has 0 aliphatic carbocycles. The number of nitrogen functional groups attached to an aromatic ring is 1. The number of carbonyl (C=O) groups excluding carboxylic acids is 1. The van der Waals surface area contributed by atoms with E-state index < -0.39 is 34.4 Å². The lowest BCUT2D eigenvalue weighted by atomic mass is 9.95. The van der Waals surface area contributed by atoms with E-state index in [0.717, 1.165) is 0 Å². The molecule has 2 aromatic carbocycles. The molecule has 164 valence electrons. The van der Waals surface area contributed by atoms with Crippen LogP contribution in [0.15, 0.2) is 53.3 Å². The molecule has 0 spiro atoms. The predicted molar refractivity (Wildman–Crippen MR) is 114 cm³/mol. The first-order valence-electron chi connectivity index (χ1n) is 9.16. The van der Waals surface area contributed by atoms with Crippen LogP contribution in [0.1, 0.15) is 31.1 Å². The largest absolute Gasteiger partial charge is 0.493 e. The van der Waals surface area contributed by atoms with Crippen LogP contribution < -0.4 is 20.8 Å². The van der Waals surface area contributed by atoms with Gasteiger partial charge in [-0.1, -0.05) is 36.4 Å². The maximum Gasteiger partial charge on any atom is 0.342 e. The number of aromatic amines is 1. The van der Waals surface area contributed by atoms with E-state index in [2.05, 4.69) is 0 Å². The molecule has 0 atom stereocenters. The summed E-state index contributed by atoms with van der Waals surface area (Å²) in [5.74, 6) is -3.67. The van der Waals surface area contributed by atoms with Crippen LogP contribution >= 0.6 is 0 Å². The van der Waals surface area contributed by atoms with Gasteiger partial charge in [-0.05, 0) is 17.7 Å². The number of pyridine rings is 1. The summed E-state index contributed by atoms with van der Waals surface area (Å²) in [7, 11) is 1.31. The summed E-state index contributed by atoms with van der Waals surface area (Å²) >= 11 is 0. The summed E-state index contributed by atoms with van der Waals surface area (Å²) in [4.78, 5) is 49.9. The van der Waals surface area contributed by atoms with E-state index in [-0.39, 0.29) is 35.0 Å². The van der Waals surface area contributed by atoms with Gasteiger partial charge in [0.15, 0.2) is 23.9 Å². The van der Waals surface area contributed by atoms with Crippen molar-refractivity contribution < 1.29 is 34.1 Å². The lowest BCUT2D eigenvalue weighted by Gasteiger charge is -2.15. The van der Waals surface area contributed by atoms with Crippen molar-refractivity contribution >= 4 is 23.5 Å². The van der Waals surface area contributed by atoms with E-state index in [9.17, 15) is 29.4 Å². The summed E-state index contributed by atoms with van der Waals surface area (Å²) in [6.45, 7) is -0.293. The zero-order valence-corrected chi connectivity index (χ0v) is 16.7. The number of benzene rings is 2. The van der Waals surface area contributed by atoms with Gasteiger partial charge in [0.05, 0.1) is 7.11 Å². The van der Waals surface area contributed by atoms with Gasteiger partial charge < -0.3 is 30.4 Å². The molecule has 5 N–H and O–H groups in total. The third kappa shape index (κ3) is 4.29.